The van der Waals surface area contributed by atoms with Gasteiger partial charge < -0.3 is 25.4 Å². The standard InChI is InChI=1S/C31H31ClF3N9O5/c1-3-21-24(41-8-10-42(11-9-41)28(47)22-25(45)16(2)37-15-38-22)29(48)44-30(39-27(40-44)17-6-12-49-13-7-17)43(21)23(26(36)46)19-5-4-18(14-20(19)32)31(33,34)35/h4-6,14-15,23,45H,3,7-13H2,1-2H3,(H2,36,46). The van der Waals surface area contributed by atoms with Gasteiger partial charge in [-0.1, -0.05) is 30.7 Å². The molecule has 2 amide bonds. The molecule has 1 saturated heterocycles. The number of piperazine rings is 1. The Morgan fingerprint density at radius 1 is 1.16 bits per heavy atom. The van der Waals surface area contributed by atoms with Crippen molar-refractivity contribution in [3.05, 3.63) is 80.0 Å². The molecule has 0 aliphatic carbocycles. The van der Waals surface area contributed by atoms with E-state index in [-0.39, 0.29) is 77.6 Å². The molecular weight excluding hydrogens is 671 g/mol. The van der Waals surface area contributed by atoms with Crippen molar-refractivity contribution in [1.29, 1.82) is 0 Å². The van der Waals surface area contributed by atoms with Gasteiger partial charge in [0.05, 0.1) is 30.2 Å². The number of primary amides is 1. The second kappa shape index (κ2) is 13.1. The van der Waals surface area contributed by atoms with Gasteiger partial charge in [0.2, 0.25) is 11.7 Å². The summed E-state index contributed by atoms with van der Waals surface area (Å²) in [6.45, 7) is 4.61. The van der Waals surface area contributed by atoms with Gasteiger partial charge in [0.25, 0.3) is 11.5 Å². The summed E-state index contributed by atoms with van der Waals surface area (Å²) in [5, 5.41) is 14.5. The van der Waals surface area contributed by atoms with Crippen molar-refractivity contribution < 1.29 is 32.6 Å². The van der Waals surface area contributed by atoms with Crippen molar-refractivity contribution in [3.63, 3.8) is 0 Å². The summed E-state index contributed by atoms with van der Waals surface area (Å²) in [5.74, 6) is -1.64. The molecule has 3 aromatic heterocycles. The molecule has 18 heteroatoms. The molecule has 4 aromatic rings. The van der Waals surface area contributed by atoms with Crippen LogP contribution in [0.5, 0.6) is 5.75 Å². The number of alkyl halides is 3. The maximum absolute atomic E-state index is 14.3. The summed E-state index contributed by atoms with van der Waals surface area (Å²) < 4.78 is 48.4. The number of ether oxygens (including phenoxy) is 1. The molecule has 2 aliphatic rings. The number of aryl methyl sites for hydroxylation is 1. The number of halogens is 4. The number of rotatable bonds is 7. The predicted octanol–water partition coefficient (Wildman–Crippen LogP) is 2.77. The predicted molar refractivity (Wildman–Crippen MR) is 170 cm³/mol. The highest BCUT2D eigenvalue weighted by Gasteiger charge is 2.36. The van der Waals surface area contributed by atoms with Crippen molar-refractivity contribution in [2.24, 2.45) is 5.73 Å². The Labute approximate surface area is 281 Å². The summed E-state index contributed by atoms with van der Waals surface area (Å²) in [6.07, 6.45) is -1.11. The van der Waals surface area contributed by atoms with Crippen molar-refractivity contribution in [3.8, 4) is 5.75 Å². The third-order valence-corrected chi connectivity index (χ3v) is 8.92. The van der Waals surface area contributed by atoms with Crippen LogP contribution >= 0.6 is 11.6 Å². The van der Waals surface area contributed by atoms with Gasteiger partial charge in [-0.25, -0.2) is 9.97 Å². The molecule has 1 unspecified atom stereocenters. The maximum atomic E-state index is 14.3. The average molecular weight is 702 g/mol. The first-order valence-corrected chi connectivity index (χ1v) is 15.7. The number of nitrogens with zero attached hydrogens (tertiary/aromatic N) is 8. The number of amides is 2. The van der Waals surface area contributed by atoms with E-state index in [0.29, 0.717) is 37.0 Å². The number of hydrogen-bond donors (Lipinski definition) is 2. The molecule has 1 aromatic carbocycles. The lowest BCUT2D eigenvalue weighted by atomic mass is 10.0. The average Bonchev–Trinajstić information content (AvgIpc) is 3.53. The van der Waals surface area contributed by atoms with Crippen molar-refractivity contribution in [2.75, 3.05) is 44.3 Å². The quantitative estimate of drug-likeness (QED) is 0.292. The van der Waals surface area contributed by atoms with E-state index >= 15 is 0 Å². The second-order valence-corrected chi connectivity index (χ2v) is 11.9. The van der Waals surface area contributed by atoms with E-state index in [2.05, 4.69) is 20.1 Å². The topological polar surface area (TPSA) is 174 Å². The Kier molecular flexibility index (Phi) is 9.06. The Morgan fingerprint density at radius 2 is 1.90 bits per heavy atom. The smallest absolute Gasteiger partial charge is 0.416 e. The van der Waals surface area contributed by atoms with Gasteiger partial charge in [-0.15, -0.1) is 5.10 Å². The minimum absolute atomic E-state index is 0.0291. The fourth-order valence-corrected chi connectivity index (χ4v) is 6.38. The molecule has 3 N–H and O–H groups in total. The van der Waals surface area contributed by atoms with Crippen LogP contribution in [0.25, 0.3) is 11.4 Å². The third kappa shape index (κ3) is 6.19. The van der Waals surface area contributed by atoms with Gasteiger partial charge in [-0.05, 0) is 37.5 Å². The number of benzene rings is 1. The van der Waals surface area contributed by atoms with Crippen molar-refractivity contribution >= 4 is 40.5 Å². The van der Waals surface area contributed by atoms with Gasteiger partial charge in [0, 0.05) is 36.8 Å². The van der Waals surface area contributed by atoms with Crippen LogP contribution in [0.3, 0.4) is 0 Å². The fourth-order valence-electron chi connectivity index (χ4n) is 6.10. The van der Waals surface area contributed by atoms with Gasteiger partial charge in [0.15, 0.2) is 17.3 Å². The minimum atomic E-state index is -4.69. The van der Waals surface area contributed by atoms with Gasteiger partial charge in [0.1, 0.15) is 18.1 Å². The Balaban J connectivity index is 1.49. The molecular formula is C31H31ClF3N9O5. The zero-order chi connectivity index (χ0) is 35.2. The number of hydrogen-bond acceptors (Lipinski definition) is 10. The number of aromatic nitrogens is 6. The number of fused-ring (bicyclic) bond motifs is 1. The molecule has 0 spiro atoms. The van der Waals surface area contributed by atoms with E-state index in [1.165, 1.54) is 15.8 Å². The second-order valence-electron chi connectivity index (χ2n) is 11.5. The number of carbonyl (C=O) groups is 2. The molecule has 0 saturated carbocycles. The normalized spacial score (nSPS) is 16.2. The van der Waals surface area contributed by atoms with Gasteiger partial charge >= 0.3 is 6.18 Å². The molecule has 5 heterocycles. The first kappa shape index (κ1) is 33.9. The molecule has 258 valence electrons. The lowest BCUT2D eigenvalue weighted by molar-refractivity contribution is -0.137. The number of aromatic hydroxyl groups is 1. The lowest BCUT2D eigenvalue weighted by Crippen LogP contribution is -2.51. The number of anilines is 1. The van der Waals surface area contributed by atoms with E-state index in [9.17, 15) is 32.7 Å². The fraction of sp³-hybridized carbons (Fsp3) is 0.387. The highest BCUT2D eigenvalue weighted by atomic mass is 35.5. The van der Waals surface area contributed by atoms with Crippen LogP contribution in [0.2, 0.25) is 5.02 Å². The summed E-state index contributed by atoms with van der Waals surface area (Å²) in [7, 11) is 0. The van der Waals surface area contributed by atoms with E-state index in [4.69, 9.17) is 22.1 Å². The van der Waals surface area contributed by atoms with Crippen LogP contribution < -0.4 is 16.2 Å². The highest BCUT2D eigenvalue weighted by molar-refractivity contribution is 6.31. The van der Waals surface area contributed by atoms with Crippen LogP contribution in [-0.4, -0.2) is 90.3 Å². The van der Waals surface area contributed by atoms with Gasteiger partial charge in [-0.3, -0.25) is 19.0 Å². The SMILES string of the molecule is CCc1c(N2CCN(C(=O)c3ncnc(C)c3O)CC2)c(=O)n2nc(C3=CCOCC3)nc2n1C(C(N)=O)c1ccc(C(F)(F)F)cc1Cl. The zero-order valence-corrected chi connectivity index (χ0v) is 27.1. The van der Waals surface area contributed by atoms with E-state index in [1.807, 2.05) is 0 Å². The van der Waals surface area contributed by atoms with Crippen LogP contribution in [0.15, 0.2) is 35.4 Å². The summed E-state index contributed by atoms with van der Waals surface area (Å²) >= 11 is 6.41. The maximum Gasteiger partial charge on any atom is 0.416 e. The van der Waals surface area contributed by atoms with Crippen molar-refractivity contribution in [2.45, 2.75) is 38.9 Å². The molecule has 1 fully saturated rings. The van der Waals surface area contributed by atoms with Crippen LogP contribution in [0.4, 0.5) is 18.9 Å². The third-order valence-electron chi connectivity index (χ3n) is 8.59. The summed E-state index contributed by atoms with van der Waals surface area (Å²) in [4.78, 5) is 56.5. The largest absolute Gasteiger partial charge is 0.504 e. The van der Waals surface area contributed by atoms with E-state index in [0.717, 1.165) is 16.6 Å². The van der Waals surface area contributed by atoms with Crippen LogP contribution in [0, 0.1) is 6.92 Å². The monoisotopic (exact) mass is 701 g/mol. The first-order valence-electron chi connectivity index (χ1n) is 15.3. The number of nitrogens with two attached hydrogens (primary N) is 1. The Bertz CT molecular complexity index is 2050. The molecule has 14 nitrogen and oxygen atoms in total. The Morgan fingerprint density at radius 3 is 2.51 bits per heavy atom. The minimum Gasteiger partial charge on any atom is -0.504 e. The first-order chi connectivity index (χ1) is 23.3. The molecule has 0 bridgehead atoms. The molecule has 49 heavy (non-hydrogen) atoms. The van der Waals surface area contributed by atoms with E-state index in [1.54, 1.807) is 24.8 Å². The highest BCUT2D eigenvalue weighted by Crippen LogP contribution is 2.37. The molecule has 0 radical (unpaired) electrons. The zero-order valence-electron chi connectivity index (χ0n) is 26.4. The summed E-state index contributed by atoms with van der Waals surface area (Å²) in [5.41, 5.74) is 5.63. The van der Waals surface area contributed by atoms with Crippen molar-refractivity contribution in [1.82, 2.24) is 34.0 Å². The van der Waals surface area contributed by atoms with Crippen LogP contribution in [-0.2, 0) is 22.1 Å². The Hall–Kier alpha value is -5.03. The molecule has 1 atom stereocenters. The van der Waals surface area contributed by atoms with Crippen LogP contribution in [0.1, 0.15) is 58.2 Å². The number of carbonyl (C=O) groups excluding carboxylic acids is 2. The summed E-state index contributed by atoms with van der Waals surface area (Å²) in [6, 6.07) is 1.12. The van der Waals surface area contributed by atoms with Gasteiger partial charge in [-0.2, -0.15) is 22.7 Å². The van der Waals surface area contributed by atoms with E-state index < -0.39 is 35.2 Å². The molecule has 6 rings (SSSR count). The molecule has 2 aliphatic heterocycles. The lowest BCUT2D eigenvalue weighted by Gasteiger charge is -2.37.